The van der Waals surface area contributed by atoms with Crippen molar-refractivity contribution in [3.63, 3.8) is 0 Å². The lowest BCUT2D eigenvalue weighted by Gasteiger charge is -2.20. The van der Waals surface area contributed by atoms with Crippen LogP contribution in [0.1, 0.15) is 35.7 Å². The van der Waals surface area contributed by atoms with Crippen LogP contribution >= 0.6 is 0 Å². The molecule has 4 rings (SSSR count). The topological polar surface area (TPSA) is 64.3 Å². The van der Waals surface area contributed by atoms with Gasteiger partial charge < -0.3 is 14.4 Å². The van der Waals surface area contributed by atoms with Crippen LogP contribution in [0.5, 0.6) is 0 Å². The summed E-state index contributed by atoms with van der Waals surface area (Å²) in [6, 6.07) is 5.37. The normalized spacial score (nSPS) is 29.2. The predicted octanol–water partition coefficient (Wildman–Crippen LogP) is 2.23. The molecule has 3 unspecified atom stereocenters. The minimum Gasteiger partial charge on any atom is -0.478 e. The van der Waals surface area contributed by atoms with Crippen LogP contribution in [0, 0.1) is 0 Å². The fourth-order valence-corrected chi connectivity index (χ4v) is 3.33. The highest BCUT2D eigenvalue weighted by molar-refractivity contribution is 5.92. The molecule has 2 saturated heterocycles. The highest BCUT2D eigenvalue weighted by atomic mass is 16.5. The lowest BCUT2D eigenvalue weighted by Crippen LogP contribution is -2.20. The predicted molar refractivity (Wildman–Crippen MR) is 68.2 cm³/mol. The molecule has 1 N–H and O–H groups in total. The maximum absolute atomic E-state index is 11.1. The quantitative estimate of drug-likeness (QED) is 0.897. The largest absolute Gasteiger partial charge is 0.478 e. The number of fused-ring (bicyclic) bond motifs is 3. The van der Waals surface area contributed by atoms with Crippen molar-refractivity contribution < 1.29 is 14.6 Å². The molecular formula is C14H14N2O3. The van der Waals surface area contributed by atoms with E-state index in [9.17, 15) is 4.79 Å². The van der Waals surface area contributed by atoms with Crippen LogP contribution in [0.4, 0.5) is 0 Å². The van der Waals surface area contributed by atoms with Gasteiger partial charge in [0.15, 0.2) is 0 Å². The van der Waals surface area contributed by atoms with E-state index in [0.29, 0.717) is 17.7 Å². The zero-order valence-electron chi connectivity index (χ0n) is 10.3. The minimum atomic E-state index is -0.904. The number of benzene rings is 1. The molecule has 2 aromatic rings. The Balaban J connectivity index is 1.81. The van der Waals surface area contributed by atoms with Crippen LogP contribution in [0.15, 0.2) is 24.5 Å². The molecule has 3 heterocycles. The van der Waals surface area contributed by atoms with Crippen LogP contribution < -0.4 is 0 Å². The van der Waals surface area contributed by atoms with E-state index in [0.717, 1.165) is 30.3 Å². The van der Waals surface area contributed by atoms with E-state index in [4.69, 9.17) is 9.84 Å². The summed E-state index contributed by atoms with van der Waals surface area (Å²) in [5.74, 6) is -0.904. The SMILES string of the molecule is O=C(O)c1ccc2ncn(C3CC4CCC3O4)c2c1. The molecule has 19 heavy (non-hydrogen) atoms. The molecule has 2 aliphatic heterocycles. The number of hydrogen-bond donors (Lipinski definition) is 1. The first-order valence-corrected chi connectivity index (χ1v) is 6.58. The number of carboxylic acid groups (broad SMARTS) is 1. The molecule has 0 amide bonds. The molecular weight excluding hydrogens is 244 g/mol. The number of ether oxygens (including phenoxy) is 1. The van der Waals surface area contributed by atoms with Crippen molar-refractivity contribution in [1.82, 2.24) is 9.55 Å². The zero-order valence-corrected chi connectivity index (χ0v) is 10.3. The van der Waals surface area contributed by atoms with Gasteiger partial charge in [-0.25, -0.2) is 9.78 Å². The Morgan fingerprint density at radius 2 is 2.32 bits per heavy atom. The van der Waals surface area contributed by atoms with Crippen LogP contribution in [0.2, 0.25) is 0 Å². The Bertz CT molecular complexity index is 664. The Labute approximate surface area is 109 Å². The lowest BCUT2D eigenvalue weighted by atomic mass is 9.95. The number of carboxylic acids is 1. The summed E-state index contributed by atoms with van der Waals surface area (Å²) in [5, 5.41) is 9.09. The molecule has 98 valence electrons. The summed E-state index contributed by atoms with van der Waals surface area (Å²) in [6.45, 7) is 0. The van der Waals surface area contributed by atoms with Gasteiger partial charge in [0, 0.05) is 0 Å². The summed E-state index contributed by atoms with van der Waals surface area (Å²) in [6.07, 6.45) is 5.69. The van der Waals surface area contributed by atoms with Crippen molar-refractivity contribution >= 4 is 17.0 Å². The average Bonchev–Trinajstić information content (AvgIpc) is 3.11. The maximum Gasteiger partial charge on any atom is 0.335 e. The summed E-state index contributed by atoms with van der Waals surface area (Å²) in [5.41, 5.74) is 2.03. The molecule has 1 aromatic carbocycles. The summed E-state index contributed by atoms with van der Waals surface area (Å²) in [7, 11) is 0. The first-order chi connectivity index (χ1) is 9.22. The fourth-order valence-electron chi connectivity index (χ4n) is 3.33. The average molecular weight is 258 g/mol. The fraction of sp³-hybridized carbons (Fsp3) is 0.429. The van der Waals surface area contributed by atoms with Crippen molar-refractivity contribution in [3.8, 4) is 0 Å². The second kappa shape index (κ2) is 3.81. The number of imidazole rings is 1. The van der Waals surface area contributed by atoms with E-state index in [-0.39, 0.29) is 6.10 Å². The van der Waals surface area contributed by atoms with Gasteiger partial charge in [0.05, 0.1) is 41.2 Å². The van der Waals surface area contributed by atoms with Crippen LogP contribution in [-0.4, -0.2) is 32.8 Å². The number of rotatable bonds is 2. The van der Waals surface area contributed by atoms with E-state index < -0.39 is 5.97 Å². The van der Waals surface area contributed by atoms with Gasteiger partial charge >= 0.3 is 5.97 Å². The molecule has 0 aliphatic carbocycles. The smallest absolute Gasteiger partial charge is 0.335 e. The molecule has 2 bridgehead atoms. The second-order valence-corrected chi connectivity index (χ2v) is 5.34. The third-order valence-corrected chi connectivity index (χ3v) is 4.25. The van der Waals surface area contributed by atoms with Gasteiger partial charge in [-0.1, -0.05) is 0 Å². The van der Waals surface area contributed by atoms with Gasteiger partial charge in [0.1, 0.15) is 0 Å². The summed E-state index contributed by atoms with van der Waals surface area (Å²) >= 11 is 0. The van der Waals surface area contributed by atoms with Crippen molar-refractivity contribution in [2.45, 2.75) is 37.5 Å². The monoisotopic (exact) mass is 258 g/mol. The number of hydrogen-bond acceptors (Lipinski definition) is 3. The van der Waals surface area contributed by atoms with E-state index >= 15 is 0 Å². The number of nitrogens with zero attached hydrogens (tertiary/aromatic N) is 2. The Kier molecular flexibility index (Phi) is 2.20. The van der Waals surface area contributed by atoms with Crippen molar-refractivity contribution in [2.24, 2.45) is 0 Å². The first-order valence-electron chi connectivity index (χ1n) is 6.58. The van der Waals surface area contributed by atoms with Gasteiger partial charge in [-0.15, -0.1) is 0 Å². The number of aromatic nitrogens is 2. The first kappa shape index (κ1) is 11.0. The van der Waals surface area contributed by atoms with Crippen molar-refractivity contribution in [3.05, 3.63) is 30.1 Å². The zero-order chi connectivity index (χ0) is 13.0. The second-order valence-electron chi connectivity index (χ2n) is 5.34. The standard InChI is InChI=1S/C14H14N2O3/c17-14(18)8-1-3-10-11(5-8)16(7-15-10)12-6-9-2-4-13(12)19-9/h1,3,5,7,9,12-13H,2,4,6H2,(H,17,18). The minimum absolute atomic E-state index is 0.260. The van der Waals surface area contributed by atoms with Gasteiger partial charge in [0.25, 0.3) is 0 Å². The number of carbonyl (C=O) groups is 1. The summed E-state index contributed by atoms with van der Waals surface area (Å²) in [4.78, 5) is 15.4. The Morgan fingerprint density at radius 3 is 3.00 bits per heavy atom. The maximum atomic E-state index is 11.1. The van der Waals surface area contributed by atoms with Crippen molar-refractivity contribution in [2.75, 3.05) is 0 Å². The highest BCUT2D eigenvalue weighted by Crippen LogP contribution is 2.42. The molecule has 0 spiro atoms. The summed E-state index contributed by atoms with van der Waals surface area (Å²) < 4.78 is 7.96. The molecule has 2 aliphatic rings. The molecule has 0 radical (unpaired) electrons. The van der Waals surface area contributed by atoms with E-state index in [1.807, 2.05) is 6.33 Å². The number of aromatic carboxylic acids is 1. The van der Waals surface area contributed by atoms with Gasteiger partial charge in [-0.05, 0) is 37.5 Å². The van der Waals surface area contributed by atoms with Gasteiger partial charge in [0.2, 0.25) is 0 Å². The van der Waals surface area contributed by atoms with Crippen LogP contribution in [-0.2, 0) is 4.74 Å². The Hall–Kier alpha value is -1.88. The molecule has 3 atom stereocenters. The molecule has 5 nitrogen and oxygen atoms in total. The van der Waals surface area contributed by atoms with Gasteiger partial charge in [-0.2, -0.15) is 0 Å². The van der Waals surface area contributed by atoms with Gasteiger partial charge in [-0.3, -0.25) is 0 Å². The van der Waals surface area contributed by atoms with E-state index in [1.54, 1.807) is 18.2 Å². The lowest BCUT2D eigenvalue weighted by molar-refractivity contribution is 0.0697. The highest BCUT2D eigenvalue weighted by Gasteiger charge is 2.42. The van der Waals surface area contributed by atoms with Crippen molar-refractivity contribution in [1.29, 1.82) is 0 Å². The molecule has 1 aromatic heterocycles. The molecule has 0 saturated carbocycles. The third-order valence-electron chi connectivity index (χ3n) is 4.25. The van der Waals surface area contributed by atoms with E-state index in [1.165, 1.54) is 0 Å². The molecule has 2 fully saturated rings. The van der Waals surface area contributed by atoms with Crippen LogP contribution in [0.3, 0.4) is 0 Å². The Morgan fingerprint density at radius 1 is 1.42 bits per heavy atom. The molecule has 5 heteroatoms. The van der Waals surface area contributed by atoms with Crippen LogP contribution in [0.25, 0.3) is 11.0 Å². The third kappa shape index (κ3) is 1.58. The van der Waals surface area contributed by atoms with E-state index in [2.05, 4.69) is 9.55 Å².